The van der Waals surface area contributed by atoms with Crippen molar-refractivity contribution < 1.29 is 23.5 Å². The van der Waals surface area contributed by atoms with Crippen molar-refractivity contribution in [1.29, 1.82) is 0 Å². The number of hydrogen-bond acceptors (Lipinski definition) is 4. The summed E-state index contributed by atoms with van der Waals surface area (Å²) in [5, 5.41) is 0. The predicted molar refractivity (Wildman–Crippen MR) is 65.1 cm³/mol. The monoisotopic (exact) mass is 267 g/mol. The second-order valence-electron chi connectivity index (χ2n) is 4.38. The molecule has 0 aliphatic carbocycles. The maximum atomic E-state index is 13.7. The number of amides is 1. The average Bonchev–Trinajstić information content (AvgIpc) is 2.36. The van der Waals surface area contributed by atoms with Gasteiger partial charge < -0.3 is 14.4 Å². The molecule has 19 heavy (non-hydrogen) atoms. The maximum Gasteiger partial charge on any atom is 0.326 e. The number of nitrogens with zero attached hydrogens (tertiary/aromatic N) is 1. The molecule has 102 valence electrons. The van der Waals surface area contributed by atoms with Crippen LogP contribution in [0.1, 0.15) is 0 Å². The Morgan fingerprint density at radius 3 is 2.47 bits per heavy atom. The molecule has 6 heteroatoms. The number of halogens is 1. The molecule has 5 nitrogen and oxygen atoms in total. The van der Waals surface area contributed by atoms with E-state index < -0.39 is 23.1 Å². The van der Waals surface area contributed by atoms with Gasteiger partial charge in [0.05, 0.1) is 26.0 Å². The van der Waals surface area contributed by atoms with Gasteiger partial charge in [-0.2, -0.15) is 0 Å². The van der Waals surface area contributed by atoms with E-state index in [9.17, 15) is 14.0 Å². The maximum absolute atomic E-state index is 13.7. The van der Waals surface area contributed by atoms with Crippen LogP contribution in [-0.2, 0) is 19.1 Å². The zero-order valence-electron chi connectivity index (χ0n) is 10.7. The summed E-state index contributed by atoms with van der Waals surface area (Å²) in [5.41, 5.74) is -1.24. The number of ether oxygens (including phenoxy) is 2. The summed E-state index contributed by atoms with van der Waals surface area (Å²) in [7, 11) is 2.63. The average molecular weight is 267 g/mol. The molecule has 0 radical (unpaired) electrons. The van der Waals surface area contributed by atoms with Gasteiger partial charge in [-0.25, -0.2) is 4.39 Å². The molecule has 0 unspecified atom stereocenters. The molecular formula is C13H14FNO4. The third-order valence-electron chi connectivity index (χ3n) is 3.20. The van der Waals surface area contributed by atoms with E-state index in [1.54, 1.807) is 6.07 Å². The SMILES string of the molecule is COC(=O)C1(C(=O)N(C)c2ccccc2F)COC1. The van der Waals surface area contributed by atoms with Crippen molar-refractivity contribution in [2.75, 3.05) is 32.3 Å². The quantitative estimate of drug-likeness (QED) is 0.605. The first kappa shape index (κ1) is 13.5. The number of para-hydroxylation sites is 1. The standard InChI is InChI=1S/C13H14FNO4/c1-15(10-6-4-3-5-9(10)14)11(16)13(7-19-8-13)12(17)18-2/h3-6H,7-8H2,1-2H3. The molecule has 1 saturated heterocycles. The second-order valence-corrected chi connectivity index (χ2v) is 4.38. The molecule has 0 saturated carbocycles. The van der Waals surface area contributed by atoms with E-state index >= 15 is 0 Å². The number of benzene rings is 1. The summed E-state index contributed by atoms with van der Waals surface area (Å²) in [5.74, 6) is -1.72. The van der Waals surface area contributed by atoms with Gasteiger partial charge in [-0.1, -0.05) is 12.1 Å². The van der Waals surface area contributed by atoms with E-state index in [1.807, 2.05) is 0 Å². The molecule has 0 N–H and O–H groups in total. The van der Waals surface area contributed by atoms with Gasteiger partial charge in [0.2, 0.25) is 5.91 Å². The van der Waals surface area contributed by atoms with Gasteiger partial charge in [0.1, 0.15) is 5.82 Å². The fraction of sp³-hybridized carbons (Fsp3) is 0.385. The van der Waals surface area contributed by atoms with Crippen LogP contribution >= 0.6 is 0 Å². The Labute approximate surface area is 109 Å². The van der Waals surface area contributed by atoms with Crippen LogP contribution in [0.3, 0.4) is 0 Å². The number of esters is 1. The van der Waals surface area contributed by atoms with Gasteiger partial charge in [-0.3, -0.25) is 9.59 Å². The van der Waals surface area contributed by atoms with Crippen LogP contribution in [0.5, 0.6) is 0 Å². The highest BCUT2D eigenvalue weighted by Gasteiger charge is 2.55. The van der Waals surface area contributed by atoms with Crippen molar-refractivity contribution in [3.8, 4) is 0 Å². The van der Waals surface area contributed by atoms with Gasteiger partial charge in [-0.05, 0) is 12.1 Å². The molecule has 0 bridgehead atoms. The zero-order valence-corrected chi connectivity index (χ0v) is 10.7. The molecule has 1 aromatic carbocycles. The first-order valence-corrected chi connectivity index (χ1v) is 5.72. The number of rotatable bonds is 3. The summed E-state index contributed by atoms with van der Waals surface area (Å²) in [6, 6.07) is 5.86. The van der Waals surface area contributed by atoms with E-state index in [1.165, 1.54) is 32.4 Å². The van der Waals surface area contributed by atoms with Crippen LogP contribution in [0.2, 0.25) is 0 Å². The summed E-state index contributed by atoms with van der Waals surface area (Å²) >= 11 is 0. The Bertz CT molecular complexity index is 513. The largest absolute Gasteiger partial charge is 0.468 e. The van der Waals surface area contributed by atoms with Crippen molar-refractivity contribution in [3.63, 3.8) is 0 Å². The van der Waals surface area contributed by atoms with Crippen LogP contribution in [0.15, 0.2) is 24.3 Å². The lowest BCUT2D eigenvalue weighted by atomic mass is 9.84. The third kappa shape index (κ3) is 2.08. The minimum Gasteiger partial charge on any atom is -0.468 e. The van der Waals surface area contributed by atoms with E-state index in [4.69, 9.17) is 4.74 Å². The van der Waals surface area contributed by atoms with E-state index in [-0.39, 0.29) is 18.9 Å². The van der Waals surface area contributed by atoms with Gasteiger partial charge in [0.15, 0.2) is 5.41 Å². The van der Waals surface area contributed by atoms with Crippen molar-refractivity contribution in [3.05, 3.63) is 30.1 Å². The van der Waals surface area contributed by atoms with Crippen molar-refractivity contribution in [2.45, 2.75) is 0 Å². The van der Waals surface area contributed by atoms with E-state index in [2.05, 4.69) is 4.74 Å². The lowest BCUT2D eigenvalue weighted by molar-refractivity contribution is -0.186. The molecule has 0 atom stereocenters. The van der Waals surface area contributed by atoms with Gasteiger partial charge >= 0.3 is 5.97 Å². The summed E-state index contributed by atoms with van der Waals surface area (Å²) < 4.78 is 23.2. The van der Waals surface area contributed by atoms with Crippen LogP contribution in [0, 0.1) is 11.2 Å². The fourth-order valence-corrected chi connectivity index (χ4v) is 1.98. The Hall–Kier alpha value is -1.95. The Balaban J connectivity index is 2.29. The minimum atomic E-state index is -1.36. The minimum absolute atomic E-state index is 0.0443. The molecular weight excluding hydrogens is 253 g/mol. The van der Waals surface area contributed by atoms with Crippen LogP contribution in [-0.4, -0.2) is 39.2 Å². The Kier molecular flexibility index (Phi) is 3.53. The molecule has 1 aliphatic rings. The predicted octanol–water partition coefficient (Wildman–Crippen LogP) is 0.978. The summed E-state index contributed by atoms with van der Waals surface area (Å²) in [6.45, 7) is -0.0887. The van der Waals surface area contributed by atoms with Crippen LogP contribution < -0.4 is 4.90 Å². The highest BCUT2D eigenvalue weighted by atomic mass is 19.1. The summed E-state index contributed by atoms with van der Waals surface area (Å²) in [6.07, 6.45) is 0. The molecule has 1 aliphatic heterocycles. The molecule has 2 rings (SSSR count). The molecule has 1 fully saturated rings. The number of methoxy groups -OCH3 is 1. The lowest BCUT2D eigenvalue weighted by Gasteiger charge is -2.39. The van der Waals surface area contributed by atoms with E-state index in [0.717, 1.165) is 4.90 Å². The molecule has 1 heterocycles. The summed E-state index contributed by atoms with van der Waals surface area (Å²) in [4.78, 5) is 25.2. The van der Waals surface area contributed by atoms with Crippen molar-refractivity contribution in [1.82, 2.24) is 0 Å². The Morgan fingerprint density at radius 1 is 1.37 bits per heavy atom. The molecule has 1 amide bonds. The lowest BCUT2D eigenvalue weighted by Crippen LogP contribution is -2.59. The highest BCUT2D eigenvalue weighted by Crippen LogP contribution is 2.33. The number of anilines is 1. The number of carbonyl (C=O) groups excluding carboxylic acids is 2. The van der Waals surface area contributed by atoms with Crippen molar-refractivity contribution in [2.24, 2.45) is 5.41 Å². The first-order chi connectivity index (χ1) is 9.03. The fourth-order valence-electron chi connectivity index (χ4n) is 1.98. The smallest absolute Gasteiger partial charge is 0.326 e. The van der Waals surface area contributed by atoms with Crippen LogP contribution in [0.25, 0.3) is 0 Å². The highest BCUT2D eigenvalue weighted by molar-refractivity contribution is 6.10. The van der Waals surface area contributed by atoms with Crippen molar-refractivity contribution >= 4 is 17.6 Å². The van der Waals surface area contributed by atoms with E-state index in [0.29, 0.717) is 0 Å². The third-order valence-corrected chi connectivity index (χ3v) is 3.20. The molecule has 0 aromatic heterocycles. The first-order valence-electron chi connectivity index (χ1n) is 5.72. The second kappa shape index (κ2) is 4.97. The van der Waals surface area contributed by atoms with Gasteiger partial charge in [-0.15, -0.1) is 0 Å². The normalized spacial score (nSPS) is 16.4. The topological polar surface area (TPSA) is 55.8 Å². The Morgan fingerprint density at radius 2 is 2.00 bits per heavy atom. The van der Waals surface area contributed by atoms with Crippen LogP contribution in [0.4, 0.5) is 10.1 Å². The molecule has 0 spiro atoms. The molecule has 1 aromatic rings. The zero-order chi connectivity index (χ0) is 14.0. The van der Waals surface area contributed by atoms with Gasteiger partial charge in [0.25, 0.3) is 0 Å². The number of hydrogen-bond donors (Lipinski definition) is 0. The van der Waals surface area contributed by atoms with Gasteiger partial charge in [0, 0.05) is 7.05 Å². The number of carbonyl (C=O) groups is 2.